The molecule has 0 atom stereocenters. The quantitative estimate of drug-likeness (QED) is 0.178. The molecule has 239 valence electrons. The molecule has 50 heavy (non-hydrogen) atoms. The molecular formula is C44H28ClFeN4. The Bertz CT molecular complexity index is 2190. The van der Waals surface area contributed by atoms with Crippen molar-refractivity contribution >= 4 is 46.4 Å². The first-order valence-electron chi connectivity index (χ1n) is 16.1. The largest absolute Gasteiger partial charge is 3.00 e. The van der Waals surface area contributed by atoms with E-state index in [0.717, 1.165) is 89.4 Å². The van der Waals surface area contributed by atoms with Crippen molar-refractivity contribution in [2.45, 2.75) is 0 Å². The summed E-state index contributed by atoms with van der Waals surface area (Å²) in [6, 6.07) is 50.0. The number of benzene rings is 4. The molecule has 5 heterocycles. The summed E-state index contributed by atoms with van der Waals surface area (Å²) in [4.78, 5) is 21.2. The first-order valence-corrected chi connectivity index (χ1v) is 16.1. The SMILES string of the molecule is C1=Cc2nc1c(-c1ccccc1)c1ccc([n-]1)c(-c1ccccc1)c1nc(c(-c3ccccc3)c3ccc([n-]3)c2-c2ccccc2)C=C1.[Cl-].[Fe+3]. The van der Waals surface area contributed by atoms with Crippen LogP contribution in [0.2, 0.25) is 0 Å². The summed E-state index contributed by atoms with van der Waals surface area (Å²) < 4.78 is 0. The van der Waals surface area contributed by atoms with E-state index in [4.69, 9.17) is 19.9 Å². The van der Waals surface area contributed by atoms with Gasteiger partial charge in [-0.2, -0.15) is 0 Å². The van der Waals surface area contributed by atoms with Gasteiger partial charge in [0.25, 0.3) is 0 Å². The molecule has 0 N–H and O–H groups in total. The Morgan fingerprint density at radius 3 is 0.740 bits per heavy atom. The molecule has 4 aromatic carbocycles. The number of nitrogens with zero attached hydrogens (tertiary/aromatic N) is 4. The first-order chi connectivity index (χ1) is 23.8. The van der Waals surface area contributed by atoms with Crippen molar-refractivity contribution in [1.82, 2.24) is 19.9 Å². The Morgan fingerprint density at radius 2 is 0.520 bits per heavy atom. The minimum absolute atomic E-state index is 0. The Balaban J connectivity index is 0.00000196. The Hall–Kier alpha value is -5.71. The van der Waals surface area contributed by atoms with Crippen LogP contribution >= 0.6 is 0 Å². The second-order valence-corrected chi connectivity index (χ2v) is 11.8. The van der Waals surface area contributed by atoms with Crippen LogP contribution in [0.5, 0.6) is 0 Å². The Labute approximate surface area is 307 Å². The summed E-state index contributed by atoms with van der Waals surface area (Å²) in [5, 5.41) is 0. The number of aromatic nitrogens is 4. The average Bonchev–Trinajstić information content (AvgIpc) is 3.98. The molecule has 0 saturated carbocycles. The predicted octanol–water partition coefficient (Wildman–Crippen LogP) is 7.58. The minimum Gasteiger partial charge on any atom is -1.00 e. The molecule has 2 aliphatic rings. The van der Waals surface area contributed by atoms with Gasteiger partial charge in [-0.05, 0) is 68.8 Å². The van der Waals surface area contributed by atoms with Crippen molar-refractivity contribution in [3.8, 4) is 44.5 Å². The molecule has 0 amide bonds. The van der Waals surface area contributed by atoms with Gasteiger partial charge in [0.15, 0.2) is 0 Å². The normalized spacial score (nSPS) is 11.5. The topological polar surface area (TPSA) is 54.0 Å². The molecular weight excluding hydrogens is 676 g/mol. The second kappa shape index (κ2) is 14.0. The fourth-order valence-corrected chi connectivity index (χ4v) is 6.69. The van der Waals surface area contributed by atoms with Crippen LogP contribution in [-0.4, -0.2) is 9.97 Å². The van der Waals surface area contributed by atoms with E-state index >= 15 is 0 Å². The third-order valence-corrected chi connectivity index (χ3v) is 8.86. The van der Waals surface area contributed by atoms with Gasteiger partial charge in [-0.25, -0.2) is 9.97 Å². The van der Waals surface area contributed by atoms with Gasteiger partial charge in [0.2, 0.25) is 0 Å². The van der Waals surface area contributed by atoms with Gasteiger partial charge in [-0.3, -0.25) is 0 Å². The van der Waals surface area contributed by atoms with Crippen molar-refractivity contribution < 1.29 is 29.5 Å². The van der Waals surface area contributed by atoms with E-state index in [1.807, 2.05) is 24.3 Å². The van der Waals surface area contributed by atoms with Crippen molar-refractivity contribution in [1.29, 1.82) is 0 Å². The maximum atomic E-state index is 5.31. The molecule has 9 rings (SSSR count). The van der Waals surface area contributed by atoms with E-state index in [2.05, 4.69) is 146 Å². The van der Waals surface area contributed by atoms with Crippen LogP contribution in [0, 0.1) is 0 Å². The van der Waals surface area contributed by atoms with Crippen LogP contribution in [0.25, 0.3) is 90.9 Å². The Kier molecular flexibility index (Phi) is 9.21. The predicted molar refractivity (Wildman–Crippen MR) is 199 cm³/mol. The molecule has 8 bridgehead atoms. The fourth-order valence-electron chi connectivity index (χ4n) is 6.69. The van der Waals surface area contributed by atoms with E-state index in [0.29, 0.717) is 0 Å². The van der Waals surface area contributed by atoms with Gasteiger partial charge < -0.3 is 22.4 Å². The summed E-state index contributed by atoms with van der Waals surface area (Å²) >= 11 is 0. The summed E-state index contributed by atoms with van der Waals surface area (Å²) in [7, 11) is 0. The maximum absolute atomic E-state index is 5.31. The summed E-state index contributed by atoms with van der Waals surface area (Å²) in [6.45, 7) is 0. The molecule has 2 aliphatic heterocycles. The molecule has 6 heteroatoms. The number of hydrogen-bond acceptors (Lipinski definition) is 2. The van der Waals surface area contributed by atoms with Crippen LogP contribution < -0.4 is 22.4 Å². The second-order valence-electron chi connectivity index (χ2n) is 11.8. The van der Waals surface area contributed by atoms with E-state index in [9.17, 15) is 0 Å². The molecule has 3 aromatic heterocycles. The van der Waals surface area contributed by atoms with Gasteiger partial charge in [-0.1, -0.05) is 146 Å². The smallest absolute Gasteiger partial charge is 1.00 e. The number of halogens is 1. The van der Waals surface area contributed by atoms with E-state index in [-0.39, 0.29) is 29.5 Å². The molecule has 0 unspecified atom stereocenters. The van der Waals surface area contributed by atoms with Gasteiger partial charge >= 0.3 is 17.1 Å². The van der Waals surface area contributed by atoms with Gasteiger partial charge in [0.1, 0.15) is 0 Å². The van der Waals surface area contributed by atoms with Crippen molar-refractivity contribution in [2.24, 2.45) is 0 Å². The van der Waals surface area contributed by atoms with Crippen LogP contribution in [0.1, 0.15) is 22.8 Å². The molecule has 0 spiro atoms. The zero-order chi connectivity index (χ0) is 31.9. The van der Waals surface area contributed by atoms with Crippen molar-refractivity contribution in [3.05, 3.63) is 168 Å². The molecule has 1 radical (unpaired) electrons. The van der Waals surface area contributed by atoms with Crippen molar-refractivity contribution in [3.63, 3.8) is 0 Å². The zero-order valence-corrected chi connectivity index (χ0v) is 28.5. The maximum Gasteiger partial charge on any atom is 3.00 e. The van der Waals surface area contributed by atoms with E-state index < -0.39 is 0 Å². The van der Waals surface area contributed by atoms with E-state index in [1.54, 1.807) is 0 Å². The van der Waals surface area contributed by atoms with E-state index in [1.165, 1.54) is 0 Å². The fraction of sp³-hybridized carbons (Fsp3) is 0. The minimum atomic E-state index is 0. The van der Waals surface area contributed by atoms with Gasteiger partial charge in [0.05, 0.1) is 22.8 Å². The summed E-state index contributed by atoms with van der Waals surface area (Å²) in [5.41, 5.74) is 15.0. The van der Waals surface area contributed by atoms with Gasteiger partial charge in [-0.15, -0.1) is 22.1 Å². The van der Waals surface area contributed by atoms with Crippen molar-refractivity contribution in [2.75, 3.05) is 0 Å². The van der Waals surface area contributed by atoms with Gasteiger partial charge in [0, 0.05) is 0 Å². The first kappa shape index (κ1) is 32.8. The Morgan fingerprint density at radius 1 is 0.300 bits per heavy atom. The molecule has 4 nitrogen and oxygen atoms in total. The molecule has 7 aromatic rings. The molecule has 0 fully saturated rings. The number of hydrogen-bond donors (Lipinski definition) is 0. The van der Waals surface area contributed by atoms with Crippen LogP contribution in [0.15, 0.2) is 146 Å². The van der Waals surface area contributed by atoms with Crippen LogP contribution in [0.4, 0.5) is 0 Å². The molecule has 0 aliphatic carbocycles. The summed E-state index contributed by atoms with van der Waals surface area (Å²) in [6.07, 6.45) is 8.41. The average molecular weight is 704 g/mol. The third-order valence-electron chi connectivity index (χ3n) is 8.86. The molecule has 0 saturated heterocycles. The number of rotatable bonds is 4. The van der Waals surface area contributed by atoms with Crippen LogP contribution in [-0.2, 0) is 17.1 Å². The zero-order valence-electron chi connectivity index (χ0n) is 26.7. The summed E-state index contributed by atoms with van der Waals surface area (Å²) in [5.74, 6) is 0. The number of fused-ring (bicyclic) bond motifs is 8. The standard InChI is InChI=1S/C44H28N4.ClH.Fe/c1-5-13-29(14-6-1)41-33-21-23-35(45-33)42(30-15-7-2-8-16-30)37-25-27-39(47-37)44(32-19-11-4-12-20-32)40-28-26-38(48-40)43(31-17-9-3-10-18-31)36-24-22-34(41)46-36;;/h1-28H;1H;/q-2;;+3/p-1. The monoisotopic (exact) mass is 703 g/mol. The third kappa shape index (κ3) is 5.93. The van der Waals surface area contributed by atoms with Crippen LogP contribution in [0.3, 0.4) is 0 Å².